The van der Waals surface area contributed by atoms with Crippen molar-refractivity contribution in [3.8, 4) is 11.5 Å². The fourth-order valence-corrected chi connectivity index (χ4v) is 2.46. The second kappa shape index (κ2) is 6.23. The zero-order chi connectivity index (χ0) is 13.8. The molecule has 19 heavy (non-hydrogen) atoms. The summed E-state index contributed by atoms with van der Waals surface area (Å²) in [5.74, 6) is 0.935. The summed E-state index contributed by atoms with van der Waals surface area (Å²) in [6.45, 7) is 2.10. The molecule has 0 aliphatic carbocycles. The maximum atomic E-state index is 12.9. The lowest BCUT2D eigenvalue weighted by Crippen LogP contribution is -2.06. The van der Waals surface area contributed by atoms with Gasteiger partial charge in [-0.25, -0.2) is 19.3 Å². The first-order chi connectivity index (χ1) is 9.15. The molecule has 0 fully saturated rings. The van der Waals surface area contributed by atoms with Crippen molar-refractivity contribution >= 4 is 28.4 Å². The van der Waals surface area contributed by atoms with E-state index in [1.807, 2.05) is 7.05 Å². The molecule has 0 saturated carbocycles. The van der Waals surface area contributed by atoms with Gasteiger partial charge in [0.25, 0.3) is 0 Å². The van der Waals surface area contributed by atoms with E-state index in [2.05, 4.69) is 49.8 Å². The molecule has 0 aromatic carbocycles. The summed E-state index contributed by atoms with van der Waals surface area (Å²) in [6.07, 6.45) is 3.06. The quantitative estimate of drug-likeness (QED) is 0.838. The standard InChI is InChI=1S/C13H14FIN4/c1-3-4-9-11(15)13(16-2)19-12(18-9)10-6-5-8(14)7-17-10/h5-7H,3-4H2,1-2H3,(H,16,18,19). The SMILES string of the molecule is CCCc1nc(-c2ccc(F)cn2)nc(NC)c1I. The number of nitrogens with one attached hydrogen (secondary N) is 1. The van der Waals surface area contributed by atoms with Crippen LogP contribution in [-0.4, -0.2) is 22.0 Å². The highest BCUT2D eigenvalue weighted by Gasteiger charge is 2.12. The van der Waals surface area contributed by atoms with Gasteiger partial charge < -0.3 is 5.32 Å². The van der Waals surface area contributed by atoms with Gasteiger partial charge in [0.2, 0.25) is 0 Å². The van der Waals surface area contributed by atoms with Crippen LogP contribution in [0.2, 0.25) is 0 Å². The molecule has 0 amide bonds. The van der Waals surface area contributed by atoms with Gasteiger partial charge in [0.1, 0.15) is 17.3 Å². The van der Waals surface area contributed by atoms with Gasteiger partial charge in [0.15, 0.2) is 5.82 Å². The number of halogens is 2. The molecular formula is C13H14FIN4. The van der Waals surface area contributed by atoms with Crippen LogP contribution in [0.3, 0.4) is 0 Å². The summed E-state index contributed by atoms with van der Waals surface area (Å²) >= 11 is 2.24. The molecule has 0 bridgehead atoms. The zero-order valence-corrected chi connectivity index (χ0v) is 12.9. The third-order valence-corrected chi connectivity index (χ3v) is 3.73. The average molecular weight is 372 g/mol. The molecule has 4 nitrogen and oxygen atoms in total. The lowest BCUT2D eigenvalue weighted by molar-refractivity contribution is 0.621. The van der Waals surface area contributed by atoms with E-state index < -0.39 is 0 Å². The van der Waals surface area contributed by atoms with Crippen molar-refractivity contribution in [2.45, 2.75) is 19.8 Å². The lowest BCUT2D eigenvalue weighted by Gasteiger charge is -2.10. The Morgan fingerprint density at radius 3 is 2.68 bits per heavy atom. The Bertz CT molecular complexity index is 572. The van der Waals surface area contributed by atoms with Crippen molar-refractivity contribution in [1.29, 1.82) is 0 Å². The molecule has 2 aromatic rings. The minimum atomic E-state index is -0.364. The molecule has 0 aliphatic heterocycles. The van der Waals surface area contributed by atoms with Crippen LogP contribution in [0.25, 0.3) is 11.5 Å². The van der Waals surface area contributed by atoms with Gasteiger partial charge in [0.05, 0.1) is 15.5 Å². The summed E-state index contributed by atoms with van der Waals surface area (Å²) in [5.41, 5.74) is 1.57. The summed E-state index contributed by atoms with van der Waals surface area (Å²) in [5, 5.41) is 3.06. The second-order valence-corrected chi connectivity index (χ2v) is 5.10. The first kappa shape index (κ1) is 14.1. The predicted octanol–water partition coefficient (Wildman–Crippen LogP) is 3.28. The lowest BCUT2D eigenvalue weighted by atomic mass is 10.2. The van der Waals surface area contributed by atoms with Crippen molar-refractivity contribution in [3.63, 3.8) is 0 Å². The Labute approximate surface area is 125 Å². The summed E-state index contributed by atoms with van der Waals surface area (Å²) in [7, 11) is 1.82. The maximum absolute atomic E-state index is 12.9. The van der Waals surface area contributed by atoms with Crippen LogP contribution in [0.4, 0.5) is 10.2 Å². The minimum Gasteiger partial charge on any atom is -0.372 e. The van der Waals surface area contributed by atoms with Crippen LogP contribution in [-0.2, 0) is 6.42 Å². The average Bonchev–Trinajstić information content (AvgIpc) is 2.42. The van der Waals surface area contributed by atoms with Gasteiger partial charge >= 0.3 is 0 Å². The Hall–Kier alpha value is -1.31. The summed E-state index contributed by atoms with van der Waals surface area (Å²) in [4.78, 5) is 13.0. The molecule has 2 aromatic heterocycles. The van der Waals surface area contributed by atoms with Crippen LogP contribution in [0, 0.1) is 9.39 Å². The van der Waals surface area contributed by atoms with E-state index in [0.717, 1.165) is 27.9 Å². The highest BCUT2D eigenvalue weighted by atomic mass is 127. The van der Waals surface area contributed by atoms with Crippen molar-refractivity contribution in [1.82, 2.24) is 15.0 Å². The molecule has 0 saturated heterocycles. The molecule has 1 N–H and O–H groups in total. The predicted molar refractivity (Wildman–Crippen MR) is 81.5 cm³/mol. The summed E-state index contributed by atoms with van der Waals surface area (Å²) < 4.78 is 13.9. The van der Waals surface area contributed by atoms with Gasteiger partial charge in [-0.2, -0.15) is 0 Å². The van der Waals surface area contributed by atoms with Gasteiger partial charge in [-0.3, -0.25) is 0 Å². The Balaban J connectivity index is 2.51. The number of aryl methyl sites for hydroxylation is 1. The van der Waals surface area contributed by atoms with Gasteiger partial charge in [-0.05, 0) is 41.1 Å². The van der Waals surface area contributed by atoms with Crippen LogP contribution in [0.15, 0.2) is 18.3 Å². The van der Waals surface area contributed by atoms with Crippen LogP contribution in [0.1, 0.15) is 19.0 Å². The molecule has 2 rings (SSSR count). The van der Waals surface area contributed by atoms with E-state index in [-0.39, 0.29) is 5.82 Å². The Morgan fingerprint density at radius 1 is 1.32 bits per heavy atom. The van der Waals surface area contributed by atoms with E-state index >= 15 is 0 Å². The number of anilines is 1. The van der Waals surface area contributed by atoms with E-state index in [4.69, 9.17) is 0 Å². The summed E-state index contributed by atoms with van der Waals surface area (Å²) in [6, 6.07) is 2.95. The molecule has 0 radical (unpaired) electrons. The number of hydrogen-bond donors (Lipinski definition) is 1. The Kier molecular flexibility index (Phi) is 4.62. The van der Waals surface area contributed by atoms with E-state index in [0.29, 0.717) is 11.5 Å². The number of nitrogens with zero attached hydrogens (tertiary/aromatic N) is 3. The van der Waals surface area contributed by atoms with Crippen LogP contribution in [0.5, 0.6) is 0 Å². The fraction of sp³-hybridized carbons (Fsp3) is 0.308. The van der Waals surface area contributed by atoms with Gasteiger partial charge in [0, 0.05) is 7.05 Å². The topological polar surface area (TPSA) is 50.7 Å². The van der Waals surface area contributed by atoms with Crippen LogP contribution < -0.4 is 5.32 Å². The monoisotopic (exact) mass is 372 g/mol. The maximum Gasteiger partial charge on any atom is 0.180 e. The molecular weight excluding hydrogens is 358 g/mol. The van der Waals surface area contributed by atoms with E-state index in [1.54, 1.807) is 6.07 Å². The van der Waals surface area contributed by atoms with Gasteiger partial charge in [-0.15, -0.1) is 0 Å². The Morgan fingerprint density at radius 2 is 2.11 bits per heavy atom. The van der Waals surface area contributed by atoms with Crippen molar-refractivity contribution in [3.05, 3.63) is 33.4 Å². The highest BCUT2D eigenvalue weighted by molar-refractivity contribution is 14.1. The van der Waals surface area contributed by atoms with Crippen molar-refractivity contribution in [2.24, 2.45) is 0 Å². The molecule has 6 heteroatoms. The molecule has 0 spiro atoms. The largest absolute Gasteiger partial charge is 0.372 e. The first-order valence-electron chi connectivity index (χ1n) is 6.01. The molecule has 0 aliphatic rings. The normalized spacial score (nSPS) is 10.5. The van der Waals surface area contributed by atoms with Gasteiger partial charge in [-0.1, -0.05) is 13.3 Å². The number of rotatable bonds is 4. The van der Waals surface area contributed by atoms with Crippen LogP contribution >= 0.6 is 22.6 Å². The molecule has 2 heterocycles. The fourth-order valence-electron chi connectivity index (χ4n) is 1.68. The smallest absolute Gasteiger partial charge is 0.180 e. The molecule has 100 valence electrons. The molecule has 0 unspecified atom stereocenters. The van der Waals surface area contributed by atoms with Crippen molar-refractivity contribution in [2.75, 3.05) is 12.4 Å². The van der Waals surface area contributed by atoms with E-state index in [9.17, 15) is 4.39 Å². The number of aromatic nitrogens is 3. The van der Waals surface area contributed by atoms with Crippen molar-refractivity contribution < 1.29 is 4.39 Å². The number of pyridine rings is 1. The molecule has 0 atom stereocenters. The highest BCUT2D eigenvalue weighted by Crippen LogP contribution is 2.23. The zero-order valence-electron chi connectivity index (χ0n) is 10.7. The first-order valence-corrected chi connectivity index (χ1v) is 7.09. The number of hydrogen-bond acceptors (Lipinski definition) is 4. The van der Waals surface area contributed by atoms with E-state index in [1.165, 1.54) is 12.3 Å². The second-order valence-electron chi connectivity index (χ2n) is 4.02. The third kappa shape index (κ3) is 3.17. The minimum absolute atomic E-state index is 0.364. The third-order valence-electron chi connectivity index (χ3n) is 2.60.